The van der Waals surface area contributed by atoms with Crippen molar-refractivity contribution in [3.63, 3.8) is 0 Å². The Balaban J connectivity index is 2.99. The number of hydrogen-bond acceptors (Lipinski definition) is 8. The minimum absolute atomic E-state index is 0.00376. The molecule has 0 unspecified atom stereocenters. The molecule has 0 aromatic rings. The Bertz CT molecular complexity index is 259. The zero-order chi connectivity index (χ0) is 17.0. The van der Waals surface area contributed by atoms with E-state index in [1.54, 1.807) is 0 Å². The van der Waals surface area contributed by atoms with Crippen molar-refractivity contribution in [2.45, 2.75) is 0 Å². The van der Waals surface area contributed by atoms with Crippen LogP contribution in [0.25, 0.3) is 0 Å². The van der Waals surface area contributed by atoms with Gasteiger partial charge in [0, 0.05) is 13.1 Å². The monoisotopic (exact) mass is 337 g/mol. The van der Waals surface area contributed by atoms with Crippen LogP contribution in [0.5, 0.6) is 0 Å². The van der Waals surface area contributed by atoms with Crippen LogP contribution in [-0.4, -0.2) is 91.6 Å². The van der Waals surface area contributed by atoms with Crippen LogP contribution in [-0.2, 0) is 28.5 Å². The van der Waals surface area contributed by atoms with E-state index < -0.39 is 0 Å². The molecule has 138 valence electrons. The first-order valence-corrected chi connectivity index (χ1v) is 7.86. The molecule has 0 aliphatic rings. The Morgan fingerprint density at radius 3 is 1.43 bits per heavy atom. The number of carbonyl (C=O) groups is 1. The number of carbonyl (C=O) groups excluding carboxylic acids is 1. The first-order chi connectivity index (χ1) is 11.3. The summed E-state index contributed by atoms with van der Waals surface area (Å²) >= 11 is 0. The molecule has 0 saturated carbocycles. The third-order valence-corrected chi connectivity index (χ3v) is 2.50. The van der Waals surface area contributed by atoms with E-state index in [4.69, 9.17) is 35.2 Å². The van der Waals surface area contributed by atoms with Crippen molar-refractivity contribution in [3.8, 4) is 0 Å². The third-order valence-electron chi connectivity index (χ3n) is 2.50. The molecule has 0 aromatic carbocycles. The lowest BCUT2D eigenvalue weighted by molar-refractivity contribution is -0.120. The number of amides is 1. The topological polar surface area (TPSA) is 127 Å². The molecular formula is C14H31N3O6. The van der Waals surface area contributed by atoms with E-state index in [1.165, 1.54) is 0 Å². The average Bonchev–Trinajstić information content (AvgIpc) is 2.57. The lowest BCUT2D eigenvalue weighted by Gasteiger charge is -2.08. The largest absolute Gasteiger partial charge is 0.378 e. The number of nitrogens with two attached hydrogens (primary N) is 2. The van der Waals surface area contributed by atoms with Gasteiger partial charge in [0.1, 0.15) is 0 Å². The van der Waals surface area contributed by atoms with Crippen LogP contribution in [0.15, 0.2) is 0 Å². The summed E-state index contributed by atoms with van der Waals surface area (Å²) in [4.78, 5) is 10.8. The highest BCUT2D eigenvalue weighted by Gasteiger charge is 1.96. The van der Waals surface area contributed by atoms with Crippen molar-refractivity contribution in [2.75, 3.05) is 85.7 Å². The summed E-state index contributed by atoms with van der Waals surface area (Å²) in [6, 6.07) is 0. The van der Waals surface area contributed by atoms with Crippen molar-refractivity contribution in [1.29, 1.82) is 0 Å². The van der Waals surface area contributed by atoms with Crippen LogP contribution in [0.2, 0.25) is 0 Å². The van der Waals surface area contributed by atoms with Gasteiger partial charge in [0.2, 0.25) is 5.91 Å². The molecule has 0 saturated heterocycles. The quantitative estimate of drug-likeness (QED) is 0.248. The van der Waals surface area contributed by atoms with Crippen LogP contribution in [0.4, 0.5) is 0 Å². The van der Waals surface area contributed by atoms with Gasteiger partial charge in [-0.2, -0.15) is 0 Å². The van der Waals surface area contributed by atoms with E-state index in [9.17, 15) is 4.79 Å². The highest BCUT2D eigenvalue weighted by atomic mass is 16.6. The number of hydrogen-bond donors (Lipinski definition) is 3. The van der Waals surface area contributed by atoms with E-state index in [-0.39, 0.29) is 12.5 Å². The van der Waals surface area contributed by atoms with Crippen LogP contribution in [0.1, 0.15) is 0 Å². The fraction of sp³-hybridized carbons (Fsp3) is 0.929. The number of nitrogens with one attached hydrogen (secondary N) is 1. The molecule has 5 N–H and O–H groups in total. The maximum Gasteiger partial charge on any atom is 0.233 e. The van der Waals surface area contributed by atoms with Crippen LogP contribution >= 0.6 is 0 Å². The molecule has 0 atom stereocenters. The minimum Gasteiger partial charge on any atom is -0.378 e. The van der Waals surface area contributed by atoms with Gasteiger partial charge in [-0.1, -0.05) is 0 Å². The zero-order valence-corrected chi connectivity index (χ0v) is 13.8. The molecule has 0 bridgehead atoms. The molecule has 0 radical (unpaired) electrons. The zero-order valence-electron chi connectivity index (χ0n) is 13.8. The van der Waals surface area contributed by atoms with Gasteiger partial charge < -0.3 is 40.5 Å². The smallest absolute Gasteiger partial charge is 0.233 e. The molecule has 0 aliphatic carbocycles. The Morgan fingerprint density at radius 2 is 1.04 bits per heavy atom. The van der Waals surface area contributed by atoms with Gasteiger partial charge in [-0.15, -0.1) is 0 Å². The van der Waals surface area contributed by atoms with Crippen molar-refractivity contribution < 1.29 is 28.5 Å². The summed E-state index contributed by atoms with van der Waals surface area (Å²) in [6.07, 6.45) is 0. The summed E-state index contributed by atoms with van der Waals surface area (Å²) < 4.78 is 26.4. The van der Waals surface area contributed by atoms with Gasteiger partial charge >= 0.3 is 0 Å². The van der Waals surface area contributed by atoms with Crippen LogP contribution in [0.3, 0.4) is 0 Å². The van der Waals surface area contributed by atoms with Crippen molar-refractivity contribution in [3.05, 3.63) is 0 Å². The number of ether oxygens (including phenoxy) is 5. The molecule has 23 heavy (non-hydrogen) atoms. The Hall–Kier alpha value is -0.810. The van der Waals surface area contributed by atoms with Gasteiger partial charge in [-0.3, -0.25) is 4.79 Å². The van der Waals surface area contributed by atoms with E-state index in [0.29, 0.717) is 79.2 Å². The summed E-state index contributed by atoms with van der Waals surface area (Å²) in [5.41, 5.74) is 10.4. The molecule has 0 fully saturated rings. The van der Waals surface area contributed by atoms with Gasteiger partial charge in [-0.05, 0) is 0 Å². The second-order valence-electron chi connectivity index (χ2n) is 4.40. The molecule has 0 aromatic heterocycles. The molecule has 0 spiro atoms. The van der Waals surface area contributed by atoms with Gasteiger partial charge in [-0.25, -0.2) is 0 Å². The molecule has 0 aliphatic heterocycles. The molecule has 0 heterocycles. The fourth-order valence-corrected chi connectivity index (χ4v) is 1.40. The van der Waals surface area contributed by atoms with E-state index in [0.717, 1.165) is 0 Å². The minimum atomic E-state index is -0.186. The summed E-state index contributed by atoms with van der Waals surface area (Å²) in [6.45, 7) is 6.12. The Labute approximate surface area is 137 Å². The predicted octanol–water partition coefficient (Wildman–Crippen LogP) is -1.90. The van der Waals surface area contributed by atoms with Crippen molar-refractivity contribution in [2.24, 2.45) is 11.5 Å². The molecule has 0 rings (SSSR count). The predicted molar refractivity (Wildman–Crippen MR) is 85.2 cm³/mol. The second-order valence-corrected chi connectivity index (χ2v) is 4.40. The summed E-state index contributed by atoms with van der Waals surface area (Å²) in [5.74, 6) is -0.186. The Kier molecular flexibility index (Phi) is 18.6. The summed E-state index contributed by atoms with van der Waals surface area (Å²) in [7, 11) is 0. The fourth-order valence-electron chi connectivity index (χ4n) is 1.40. The lowest BCUT2D eigenvalue weighted by atomic mass is 10.5. The lowest BCUT2D eigenvalue weighted by Crippen LogP contribution is -2.32. The van der Waals surface area contributed by atoms with Gasteiger partial charge in [0.25, 0.3) is 0 Å². The maximum absolute atomic E-state index is 10.8. The third kappa shape index (κ3) is 19.1. The van der Waals surface area contributed by atoms with Gasteiger partial charge in [0.15, 0.2) is 0 Å². The highest BCUT2D eigenvalue weighted by molar-refractivity contribution is 5.77. The maximum atomic E-state index is 10.8. The summed E-state index contributed by atoms with van der Waals surface area (Å²) in [5, 5.41) is 2.61. The molecular weight excluding hydrogens is 306 g/mol. The van der Waals surface area contributed by atoms with Crippen molar-refractivity contribution in [1.82, 2.24) is 5.32 Å². The highest BCUT2D eigenvalue weighted by Crippen LogP contribution is 1.83. The van der Waals surface area contributed by atoms with Crippen LogP contribution in [0, 0.1) is 0 Å². The first-order valence-electron chi connectivity index (χ1n) is 7.86. The molecule has 9 nitrogen and oxygen atoms in total. The molecule has 9 heteroatoms. The van der Waals surface area contributed by atoms with Crippen LogP contribution < -0.4 is 16.8 Å². The second kappa shape index (κ2) is 19.2. The van der Waals surface area contributed by atoms with Gasteiger partial charge in [0.05, 0.1) is 72.6 Å². The van der Waals surface area contributed by atoms with E-state index in [1.807, 2.05) is 0 Å². The number of rotatable bonds is 18. The van der Waals surface area contributed by atoms with Crippen molar-refractivity contribution >= 4 is 5.91 Å². The SMILES string of the molecule is NCCOCCOCCOCCOCCOCCNC(=O)CN. The normalized spacial score (nSPS) is 10.9. The average molecular weight is 337 g/mol. The first kappa shape index (κ1) is 22.2. The molecule has 1 amide bonds. The Morgan fingerprint density at radius 1 is 0.652 bits per heavy atom. The van der Waals surface area contributed by atoms with E-state index in [2.05, 4.69) is 5.32 Å². The standard InChI is InChI=1S/C14H31N3O6/c15-1-3-19-5-7-21-9-11-23-12-10-22-8-6-20-4-2-17-14(18)13-16/h1-13,15-16H2,(H,17,18). The van der Waals surface area contributed by atoms with E-state index >= 15 is 0 Å².